The van der Waals surface area contributed by atoms with Crippen molar-refractivity contribution < 1.29 is 9.53 Å². The molecule has 2 aromatic carbocycles. The molecule has 0 aliphatic heterocycles. The first-order valence-corrected chi connectivity index (χ1v) is 8.66. The Labute approximate surface area is 139 Å². The van der Waals surface area contributed by atoms with Crippen molar-refractivity contribution in [3.63, 3.8) is 0 Å². The van der Waals surface area contributed by atoms with E-state index in [9.17, 15) is 4.79 Å². The molecule has 0 bridgehead atoms. The molecule has 0 amide bonds. The Morgan fingerprint density at radius 1 is 0.826 bits per heavy atom. The second kappa shape index (κ2) is 9.83. The number of benzene rings is 2. The van der Waals surface area contributed by atoms with Gasteiger partial charge in [0.15, 0.2) is 0 Å². The summed E-state index contributed by atoms with van der Waals surface area (Å²) in [4.78, 5) is 12.4. The third-order valence-electron chi connectivity index (χ3n) is 3.99. The van der Waals surface area contributed by atoms with Crippen molar-refractivity contribution in [2.75, 3.05) is 0 Å². The highest BCUT2D eigenvalue weighted by molar-refractivity contribution is 5.92. The van der Waals surface area contributed by atoms with Gasteiger partial charge in [0.05, 0.1) is 5.56 Å². The molecule has 0 aromatic heterocycles. The number of unbranched alkanes of at least 4 members (excludes halogenated alkanes) is 5. The summed E-state index contributed by atoms with van der Waals surface area (Å²) in [5.41, 5.74) is 1.77. The predicted molar refractivity (Wildman–Crippen MR) is 94.9 cm³/mol. The number of hydrogen-bond donors (Lipinski definition) is 0. The highest BCUT2D eigenvalue weighted by atomic mass is 16.5. The molecule has 0 aliphatic rings. The molecule has 0 N–H and O–H groups in total. The Bertz CT molecular complexity index is 590. The van der Waals surface area contributed by atoms with E-state index in [1.165, 1.54) is 32.1 Å². The smallest absolute Gasteiger partial charge is 0.343 e. The van der Waals surface area contributed by atoms with E-state index in [2.05, 4.69) is 6.92 Å². The molecule has 2 nitrogen and oxygen atoms in total. The molecule has 0 unspecified atom stereocenters. The second-order valence-corrected chi connectivity index (χ2v) is 5.88. The Balaban J connectivity index is 1.90. The van der Waals surface area contributed by atoms with E-state index in [1.807, 2.05) is 42.5 Å². The summed E-state index contributed by atoms with van der Waals surface area (Å²) in [7, 11) is 0. The molecule has 0 saturated carbocycles. The average Bonchev–Trinajstić information content (AvgIpc) is 2.59. The lowest BCUT2D eigenvalue weighted by Gasteiger charge is -2.09. The maximum Gasteiger partial charge on any atom is 0.343 e. The highest BCUT2D eigenvalue weighted by Crippen LogP contribution is 2.17. The third-order valence-corrected chi connectivity index (χ3v) is 3.99. The van der Waals surface area contributed by atoms with Crippen LogP contribution in [0.2, 0.25) is 0 Å². The summed E-state index contributed by atoms with van der Waals surface area (Å²) in [6, 6.07) is 17.0. The maximum atomic E-state index is 12.4. The van der Waals surface area contributed by atoms with Crippen LogP contribution in [0.15, 0.2) is 54.6 Å². The van der Waals surface area contributed by atoms with Crippen LogP contribution >= 0.6 is 0 Å². The molecule has 0 heterocycles. The third kappa shape index (κ3) is 5.90. The lowest BCUT2D eigenvalue weighted by Crippen LogP contribution is -2.11. The molecule has 0 fully saturated rings. The Kier molecular flexibility index (Phi) is 7.38. The number of carbonyl (C=O) groups excluding carboxylic acids is 1. The first-order valence-electron chi connectivity index (χ1n) is 8.66. The quantitative estimate of drug-likeness (QED) is 0.332. The molecule has 0 atom stereocenters. The van der Waals surface area contributed by atoms with Crippen LogP contribution in [-0.4, -0.2) is 5.97 Å². The Morgan fingerprint density at radius 3 is 2.26 bits per heavy atom. The number of aryl methyl sites for hydroxylation is 1. The zero-order chi connectivity index (χ0) is 16.3. The molecule has 122 valence electrons. The van der Waals surface area contributed by atoms with E-state index < -0.39 is 0 Å². The van der Waals surface area contributed by atoms with Crippen LogP contribution in [0.1, 0.15) is 61.4 Å². The first kappa shape index (κ1) is 17.3. The summed E-state index contributed by atoms with van der Waals surface area (Å²) in [6.07, 6.45) is 8.47. The van der Waals surface area contributed by atoms with Crippen molar-refractivity contribution in [1.29, 1.82) is 0 Å². The van der Waals surface area contributed by atoms with Gasteiger partial charge in [-0.15, -0.1) is 0 Å². The topological polar surface area (TPSA) is 26.3 Å². The molecule has 0 saturated heterocycles. The van der Waals surface area contributed by atoms with Gasteiger partial charge in [0, 0.05) is 0 Å². The molecule has 0 radical (unpaired) electrons. The summed E-state index contributed by atoms with van der Waals surface area (Å²) < 4.78 is 5.46. The fraction of sp³-hybridized carbons (Fsp3) is 0.381. The molecule has 2 aromatic rings. The second-order valence-electron chi connectivity index (χ2n) is 5.88. The van der Waals surface area contributed by atoms with E-state index in [0.717, 1.165) is 18.4 Å². The maximum absolute atomic E-state index is 12.4. The normalized spacial score (nSPS) is 10.5. The first-order chi connectivity index (χ1) is 11.3. The number of rotatable bonds is 9. The van der Waals surface area contributed by atoms with Gasteiger partial charge in [0.2, 0.25) is 0 Å². The van der Waals surface area contributed by atoms with Crippen molar-refractivity contribution in [3.05, 3.63) is 65.7 Å². The zero-order valence-corrected chi connectivity index (χ0v) is 14.0. The number of para-hydroxylation sites is 1. The standard InChI is InChI=1S/C21H26O2/c1-2-3-4-5-6-8-13-18-14-11-12-17-20(18)21(22)23-19-15-9-7-10-16-19/h7,9-12,14-17H,2-6,8,13H2,1H3. The van der Waals surface area contributed by atoms with Crippen LogP contribution < -0.4 is 4.74 Å². The fourth-order valence-corrected chi connectivity index (χ4v) is 2.68. The van der Waals surface area contributed by atoms with Crippen molar-refractivity contribution >= 4 is 5.97 Å². The SMILES string of the molecule is CCCCCCCCc1ccccc1C(=O)Oc1ccccc1. The minimum absolute atomic E-state index is 0.266. The molecular formula is C21H26O2. The monoisotopic (exact) mass is 310 g/mol. The number of carbonyl (C=O) groups is 1. The van der Waals surface area contributed by atoms with E-state index >= 15 is 0 Å². The highest BCUT2D eigenvalue weighted by Gasteiger charge is 2.12. The van der Waals surface area contributed by atoms with E-state index in [4.69, 9.17) is 4.74 Å². The predicted octanol–water partition coefficient (Wildman–Crippen LogP) is 5.81. The van der Waals surface area contributed by atoms with Gasteiger partial charge < -0.3 is 4.74 Å². The minimum Gasteiger partial charge on any atom is -0.423 e. The van der Waals surface area contributed by atoms with Crippen molar-refractivity contribution in [2.24, 2.45) is 0 Å². The fourth-order valence-electron chi connectivity index (χ4n) is 2.68. The summed E-state index contributed by atoms with van der Waals surface area (Å²) in [5.74, 6) is 0.324. The summed E-state index contributed by atoms with van der Waals surface area (Å²) in [5, 5.41) is 0. The van der Waals surface area contributed by atoms with Crippen molar-refractivity contribution in [3.8, 4) is 5.75 Å². The lowest BCUT2D eigenvalue weighted by atomic mass is 10.0. The number of hydrogen-bond acceptors (Lipinski definition) is 2. The Hall–Kier alpha value is -2.09. The van der Waals surface area contributed by atoms with Crippen LogP contribution in [0, 0.1) is 0 Å². The molecule has 23 heavy (non-hydrogen) atoms. The zero-order valence-electron chi connectivity index (χ0n) is 14.0. The lowest BCUT2D eigenvalue weighted by molar-refractivity contribution is 0.0733. The van der Waals surface area contributed by atoms with E-state index in [0.29, 0.717) is 11.3 Å². The van der Waals surface area contributed by atoms with Gasteiger partial charge in [0.1, 0.15) is 5.75 Å². The van der Waals surface area contributed by atoms with Crippen molar-refractivity contribution in [1.82, 2.24) is 0 Å². The van der Waals surface area contributed by atoms with Gasteiger partial charge in [-0.1, -0.05) is 75.4 Å². The minimum atomic E-state index is -0.266. The van der Waals surface area contributed by atoms with Gasteiger partial charge in [0.25, 0.3) is 0 Å². The van der Waals surface area contributed by atoms with Crippen molar-refractivity contribution in [2.45, 2.75) is 51.9 Å². The molecule has 2 rings (SSSR count). The molecule has 0 aliphatic carbocycles. The number of ether oxygens (including phenoxy) is 1. The molecule has 0 spiro atoms. The van der Waals surface area contributed by atoms with E-state index in [1.54, 1.807) is 12.1 Å². The Morgan fingerprint density at radius 2 is 1.48 bits per heavy atom. The van der Waals surface area contributed by atoms with Crippen LogP contribution in [0.25, 0.3) is 0 Å². The van der Waals surface area contributed by atoms with Gasteiger partial charge in [-0.05, 0) is 36.6 Å². The largest absolute Gasteiger partial charge is 0.423 e. The van der Waals surface area contributed by atoms with Crippen LogP contribution in [-0.2, 0) is 6.42 Å². The summed E-state index contributed by atoms with van der Waals surface area (Å²) >= 11 is 0. The van der Waals surface area contributed by atoms with Crippen LogP contribution in [0.3, 0.4) is 0 Å². The van der Waals surface area contributed by atoms with Gasteiger partial charge in [-0.25, -0.2) is 4.79 Å². The van der Waals surface area contributed by atoms with E-state index in [-0.39, 0.29) is 5.97 Å². The molecular weight excluding hydrogens is 284 g/mol. The van der Waals surface area contributed by atoms with Crippen LogP contribution in [0.4, 0.5) is 0 Å². The van der Waals surface area contributed by atoms with Gasteiger partial charge in [-0.3, -0.25) is 0 Å². The molecule has 2 heteroatoms. The van der Waals surface area contributed by atoms with Gasteiger partial charge in [-0.2, -0.15) is 0 Å². The summed E-state index contributed by atoms with van der Waals surface area (Å²) in [6.45, 7) is 2.23. The number of esters is 1. The van der Waals surface area contributed by atoms with Gasteiger partial charge >= 0.3 is 5.97 Å². The average molecular weight is 310 g/mol. The van der Waals surface area contributed by atoms with Crippen LogP contribution in [0.5, 0.6) is 5.75 Å².